The number of hydrogen-bond donors (Lipinski definition) is 1. The van der Waals surface area contributed by atoms with Crippen LogP contribution < -0.4 is 5.76 Å². The highest BCUT2D eigenvalue weighted by atomic mass is 35.5. The van der Waals surface area contributed by atoms with Crippen molar-refractivity contribution in [2.24, 2.45) is 0 Å². The molecular formula is C16H18ClN3O2. The normalized spacial score (nSPS) is 25.3. The van der Waals surface area contributed by atoms with Crippen molar-refractivity contribution in [3.63, 3.8) is 0 Å². The SMILES string of the molecule is O=c1[nH]nc(C2CCCN(C3CCc4c(Cl)cccc43)C2)o1. The minimum atomic E-state index is -0.467. The summed E-state index contributed by atoms with van der Waals surface area (Å²) in [5, 5.41) is 7.25. The van der Waals surface area contributed by atoms with Gasteiger partial charge >= 0.3 is 5.76 Å². The van der Waals surface area contributed by atoms with Gasteiger partial charge in [0.1, 0.15) is 0 Å². The summed E-state index contributed by atoms with van der Waals surface area (Å²) in [6.07, 6.45) is 4.25. The Kier molecular flexibility index (Phi) is 3.54. The highest BCUT2D eigenvalue weighted by Crippen LogP contribution is 2.41. The number of rotatable bonds is 2. The van der Waals surface area contributed by atoms with Gasteiger partial charge in [-0.3, -0.25) is 4.90 Å². The number of halogens is 1. The van der Waals surface area contributed by atoms with E-state index in [9.17, 15) is 4.79 Å². The van der Waals surface area contributed by atoms with E-state index in [0.29, 0.717) is 11.9 Å². The zero-order chi connectivity index (χ0) is 15.1. The molecule has 0 spiro atoms. The molecule has 0 saturated carbocycles. The van der Waals surface area contributed by atoms with Crippen LogP contribution in [0.1, 0.15) is 48.2 Å². The Hall–Kier alpha value is -1.59. The molecular weight excluding hydrogens is 302 g/mol. The van der Waals surface area contributed by atoms with Gasteiger partial charge in [-0.15, -0.1) is 5.10 Å². The number of hydrogen-bond acceptors (Lipinski definition) is 4. The number of piperidine rings is 1. The largest absolute Gasteiger partial charge is 0.434 e. The number of aromatic amines is 1. The summed E-state index contributed by atoms with van der Waals surface area (Å²) < 4.78 is 5.15. The highest BCUT2D eigenvalue weighted by Gasteiger charge is 2.34. The molecule has 2 aliphatic rings. The van der Waals surface area contributed by atoms with Crippen molar-refractivity contribution in [2.45, 2.75) is 37.6 Å². The first kappa shape index (κ1) is 14.0. The van der Waals surface area contributed by atoms with Crippen molar-refractivity contribution in [1.29, 1.82) is 0 Å². The second-order valence-electron chi connectivity index (χ2n) is 6.15. The van der Waals surface area contributed by atoms with Crippen LogP contribution in [-0.2, 0) is 6.42 Å². The third kappa shape index (κ3) is 2.38. The van der Waals surface area contributed by atoms with Crippen LogP contribution in [0.4, 0.5) is 0 Å². The van der Waals surface area contributed by atoms with Gasteiger partial charge in [0.05, 0.1) is 5.92 Å². The number of benzene rings is 1. The standard InChI is InChI=1S/C16H18ClN3O2/c17-13-5-1-4-12-11(13)6-7-14(12)20-8-2-3-10(9-20)15-18-19-16(21)22-15/h1,4-5,10,14H,2-3,6-9H2,(H,19,21). The maximum atomic E-state index is 11.2. The zero-order valence-corrected chi connectivity index (χ0v) is 13.0. The molecule has 1 aromatic carbocycles. The molecule has 0 bridgehead atoms. The van der Waals surface area contributed by atoms with Gasteiger partial charge in [0.2, 0.25) is 5.89 Å². The molecule has 22 heavy (non-hydrogen) atoms. The van der Waals surface area contributed by atoms with Crippen molar-refractivity contribution in [1.82, 2.24) is 15.1 Å². The first-order chi connectivity index (χ1) is 10.7. The van der Waals surface area contributed by atoms with E-state index < -0.39 is 5.76 Å². The summed E-state index contributed by atoms with van der Waals surface area (Å²) >= 11 is 6.32. The number of H-pyrrole nitrogens is 1. The van der Waals surface area contributed by atoms with Gasteiger partial charge in [-0.25, -0.2) is 9.89 Å². The molecule has 1 N–H and O–H groups in total. The van der Waals surface area contributed by atoms with E-state index in [1.807, 2.05) is 12.1 Å². The highest BCUT2D eigenvalue weighted by molar-refractivity contribution is 6.31. The van der Waals surface area contributed by atoms with Crippen molar-refractivity contribution in [3.05, 3.63) is 50.8 Å². The van der Waals surface area contributed by atoms with E-state index in [-0.39, 0.29) is 5.92 Å². The van der Waals surface area contributed by atoms with Crippen LogP contribution in [0.3, 0.4) is 0 Å². The summed E-state index contributed by atoms with van der Waals surface area (Å²) in [4.78, 5) is 13.6. The third-order valence-electron chi connectivity index (χ3n) is 4.88. The lowest BCUT2D eigenvalue weighted by Gasteiger charge is -2.36. The predicted molar refractivity (Wildman–Crippen MR) is 83.2 cm³/mol. The molecule has 4 rings (SSSR count). The first-order valence-corrected chi connectivity index (χ1v) is 8.17. The van der Waals surface area contributed by atoms with Crippen LogP contribution in [0.15, 0.2) is 27.4 Å². The van der Waals surface area contributed by atoms with Crippen molar-refractivity contribution >= 4 is 11.6 Å². The van der Waals surface area contributed by atoms with Gasteiger partial charge < -0.3 is 4.42 Å². The van der Waals surface area contributed by atoms with E-state index in [1.54, 1.807) is 0 Å². The second kappa shape index (κ2) is 5.56. The molecule has 1 fully saturated rings. The topological polar surface area (TPSA) is 62.1 Å². The van der Waals surface area contributed by atoms with Crippen molar-refractivity contribution in [3.8, 4) is 0 Å². The fourth-order valence-electron chi connectivity index (χ4n) is 3.87. The Morgan fingerprint density at radius 1 is 1.36 bits per heavy atom. The minimum Gasteiger partial charge on any atom is -0.392 e. The maximum Gasteiger partial charge on any atom is 0.434 e. The Labute approximate surface area is 133 Å². The number of likely N-dealkylation sites (tertiary alicyclic amines) is 1. The predicted octanol–water partition coefficient (Wildman–Crippen LogP) is 2.88. The number of nitrogens with zero attached hydrogens (tertiary/aromatic N) is 2. The number of nitrogens with one attached hydrogen (secondary N) is 1. The van der Waals surface area contributed by atoms with E-state index in [0.717, 1.165) is 43.8 Å². The third-order valence-corrected chi connectivity index (χ3v) is 5.23. The number of aromatic nitrogens is 2. The van der Waals surface area contributed by atoms with E-state index in [2.05, 4.69) is 21.2 Å². The Morgan fingerprint density at radius 3 is 3.09 bits per heavy atom. The summed E-state index contributed by atoms with van der Waals surface area (Å²) in [5.74, 6) is 0.264. The molecule has 116 valence electrons. The quantitative estimate of drug-likeness (QED) is 0.924. The van der Waals surface area contributed by atoms with E-state index in [1.165, 1.54) is 11.1 Å². The Balaban J connectivity index is 1.57. The molecule has 0 amide bonds. The van der Waals surface area contributed by atoms with Gasteiger partial charge in [-0.2, -0.15) is 0 Å². The van der Waals surface area contributed by atoms with Crippen LogP contribution in [-0.4, -0.2) is 28.2 Å². The number of fused-ring (bicyclic) bond motifs is 1. The van der Waals surface area contributed by atoms with Crippen molar-refractivity contribution in [2.75, 3.05) is 13.1 Å². The Bertz CT molecular complexity index is 739. The summed E-state index contributed by atoms with van der Waals surface area (Å²) in [6.45, 7) is 1.95. The van der Waals surface area contributed by atoms with Crippen LogP contribution >= 0.6 is 11.6 Å². The molecule has 0 radical (unpaired) electrons. The van der Waals surface area contributed by atoms with Crippen LogP contribution in [0.2, 0.25) is 5.02 Å². The fourth-order valence-corrected chi connectivity index (χ4v) is 4.15. The molecule has 1 saturated heterocycles. The van der Waals surface area contributed by atoms with Gasteiger partial charge in [0.15, 0.2) is 0 Å². The monoisotopic (exact) mass is 319 g/mol. The van der Waals surface area contributed by atoms with Gasteiger partial charge in [0, 0.05) is 17.6 Å². The van der Waals surface area contributed by atoms with Crippen molar-refractivity contribution < 1.29 is 4.42 Å². The second-order valence-corrected chi connectivity index (χ2v) is 6.55. The maximum absolute atomic E-state index is 11.2. The first-order valence-electron chi connectivity index (χ1n) is 7.79. The minimum absolute atomic E-state index is 0.191. The lowest BCUT2D eigenvalue weighted by atomic mass is 9.95. The van der Waals surface area contributed by atoms with Gasteiger partial charge in [-0.05, 0) is 49.4 Å². The lowest BCUT2D eigenvalue weighted by Crippen LogP contribution is -2.36. The smallest absolute Gasteiger partial charge is 0.392 e. The van der Waals surface area contributed by atoms with Crippen LogP contribution in [0.25, 0.3) is 0 Å². The molecule has 1 aliphatic heterocycles. The Morgan fingerprint density at radius 2 is 2.27 bits per heavy atom. The molecule has 1 aliphatic carbocycles. The van der Waals surface area contributed by atoms with E-state index >= 15 is 0 Å². The molecule has 1 aromatic heterocycles. The van der Waals surface area contributed by atoms with E-state index in [4.69, 9.17) is 16.0 Å². The molecule has 2 heterocycles. The van der Waals surface area contributed by atoms with Gasteiger partial charge in [-0.1, -0.05) is 23.7 Å². The van der Waals surface area contributed by atoms with Gasteiger partial charge in [0.25, 0.3) is 0 Å². The zero-order valence-electron chi connectivity index (χ0n) is 12.2. The summed E-state index contributed by atoms with van der Waals surface area (Å²) in [7, 11) is 0. The average molecular weight is 320 g/mol. The fraction of sp³-hybridized carbons (Fsp3) is 0.500. The van der Waals surface area contributed by atoms with Crippen LogP contribution in [0.5, 0.6) is 0 Å². The molecule has 6 heteroatoms. The molecule has 2 unspecified atom stereocenters. The van der Waals surface area contributed by atoms with Crippen LogP contribution in [0, 0.1) is 0 Å². The lowest BCUT2D eigenvalue weighted by molar-refractivity contribution is 0.138. The average Bonchev–Trinajstić information content (AvgIpc) is 3.15. The molecule has 5 nitrogen and oxygen atoms in total. The summed E-state index contributed by atoms with van der Waals surface area (Å²) in [5.41, 5.74) is 2.65. The summed E-state index contributed by atoms with van der Waals surface area (Å²) in [6, 6.07) is 6.62. The molecule has 2 atom stereocenters. The molecule has 2 aromatic rings.